The Morgan fingerprint density at radius 3 is 2.50 bits per heavy atom. The summed E-state index contributed by atoms with van der Waals surface area (Å²) in [5.74, 6) is -0.502. The minimum Gasteiger partial charge on any atom is -0.478 e. The molecule has 0 aliphatic heterocycles. The second-order valence-electron chi connectivity index (χ2n) is 3.49. The molecule has 0 saturated heterocycles. The summed E-state index contributed by atoms with van der Waals surface area (Å²) in [5.41, 5.74) is 1.36. The fourth-order valence-electron chi connectivity index (χ4n) is 1.37. The number of halogens is 1. The van der Waals surface area contributed by atoms with Crippen LogP contribution in [0.2, 0.25) is 5.02 Å². The second-order valence-corrected chi connectivity index (χ2v) is 3.90. The highest BCUT2D eigenvalue weighted by Gasteiger charge is 2.04. The first kappa shape index (κ1) is 12.3. The first-order valence-corrected chi connectivity index (χ1v) is 5.52. The van der Waals surface area contributed by atoms with Gasteiger partial charge in [-0.1, -0.05) is 23.7 Å². The summed E-state index contributed by atoms with van der Waals surface area (Å²) in [6.07, 6.45) is 5.56. The predicted octanol–water partition coefficient (Wildman–Crippen LogP) is 2.89. The van der Waals surface area contributed by atoms with Crippen LogP contribution in [0, 0.1) is 0 Å². The van der Waals surface area contributed by atoms with Crippen molar-refractivity contribution in [1.29, 1.82) is 0 Å². The Bertz CT molecular complexity index is 594. The molecule has 5 heteroatoms. The lowest BCUT2D eigenvalue weighted by Gasteiger charge is -2.02. The lowest BCUT2D eigenvalue weighted by molar-refractivity contribution is -0.131. The van der Waals surface area contributed by atoms with Crippen molar-refractivity contribution < 1.29 is 9.90 Å². The molecule has 0 saturated carbocycles. The first-order valence-electron chi connectivity index (χ1n) is 5.15. The zero-order chi connectivity index (χ0) is 13.0. The van der Waals surface area contributed by atoms with Crippen LogP contribution < -0.4 is 0 Å². The summed E-state index contributed by atoms with van der Waals surface area (Å²) < 4.78 is 0. The lowest BCUT2D eigenvalue weighted by atomic mass is 10.2. The van der Waals surface area contributed by atoms with Gasteiger partial charge in [0.15, 0.2) is 5.82 Å². The van der Waals surface area contributed by atoms with E-state index in [1.54, 1.807) is 18.5 Å². The van der Waals surface area contributed by atoms with E-state index >= 15 is 0 Å². The van der Waals surface area contributed by atoms with Crippen LogP contribution >= 0.6 is 11.6 Å². The largest absolute Gasteiger partial charge is 0.478 e. The van der Waals surface area contributed by atoms with Crippen molar-refractivity contribution in [3.8, 4) is 11.4 Å². The third-order valence-electron chi connectivity index (χ3n) is 2.20. The number of hydrogen-bond acceptors (Lipinski definition) is 3. The molecule has 1 aromatic heterocycles. The van der Waals surface area contributed by atoms with E-state index in [0.29, 0.717) is 16.4 Å². The highest BCUT2D eigenvalue weighted by Crippen LogP contribution is 2.23. The van der Waals surface area contributed by atoms with E-state index in [0.717, 1.165) is 11.6 Å². The van der Waals surface area contributed by atoms with Gasteiger partial charge < -0.3 is 5.11 Å². The molecule has 0 fully saturated rings. The minimum absolute atomic E-state index is 0.507. The zero-order valence-electron chi connectivity index (χ0n) is 9.25. The van der Waals surface area contributed by atoms with Crippen LogP contribution in [0.25, 0.3) is 17.5 Å². The number of rotatable bonds is 3. The highest BCUT2D eigenvalue weighted by atomic mass is 35.5. The fourth-order valence-corrected chi connectivity index (χ4v) is 1.59. The third kappa shape index (κ3) is 2.93. The molecule has 18 heavy (non-hydrogen) atoms. The molecule has 0 spiro atoms. The van der Waals surface area contributed by atoms with Gasteiger partial charge in [-0.15, -0.1) is 0 Å². The lowest BCUT2D eigenvalue weighted by Crippen LogP contribution is -1.91. The number of aromatic nitrogens is 2. The van der Waals surface area contributed by atoms with Crippen LogP contribution in [0.4, 0.5) is 0 Å². The molecular formula is C13H9ClN2O2. The zero-order valence-corrected chi connectivity index (χ0v) is 10.0. The van der Waals surface area contributed by atoms with Crippen LogP contribution in [0.3, 0.4) is 0 Å². The molecule has 0 aliphatic rings. The van der Waals surface area contributed by atoms with Crippen LogP contribution in [0.5, 0.6) is 0 Å². The van der Waals surface area contributed by atoms with Crippen molar-refractivity contribution in [3.63, 3.8) is 0 Å². The molecular weight excluding hydrogens is 252 g/mol. The number of carbonyl (C=O) groups is 1. The third-order valence-corrected chi connectivity index (χ3v) is 2.53. The van der Waals surface area contributed by atoms with E-state index in [-0.39, 0.29) is 0 Å². The molecule has 4 nitrogen and oxygen atoms in total. The number of nitrogens with zero attached hydrogens (tertiary/aromatic N) is 2. The molecule has 0 aliphatic carbocycles. The van der Waals surface area contributed by atoms with E-state index in [2.05, 4.69) is 9.97 Å². The molecule has 0 radical (unpaired) electrons. The number of carboxylic acids is 1. The van der Waals surface area contributed by atoms with Crippen LogP contribution in [-0.4, -0.2) is 21.0 Å². The molecule has 0 atom stereocenters. The van der Waals surface area contributed by atoms with Crippen molar-refractivity contribution in [2.24, 2.45) is 0 Å². The Morgan fingerprint density at radius 2 is 1.89 bits per heavy atom. The summed E-state index contributed by atoms with van der Waals surface area (Å²) in [5, 5.41) is 9.07. The fraction of sp³-hybridized carbons (Fsp3) is 0. The van der Waals surface area contributed by atoms with E-state index < -0.39 is 5.97 Å². The normalized spacial score (nSPS) is 10.7. The Morgan fingerprint density at radius 1 is 1.22 bits per heavy atom. The average molecular weight is 261 g/mol. The predicted molar refractivity (Wildman–Crippen MR) is 69.1 cm³/mol. The van der Waals surface area contributed by atoms with Gasteiger partial charge in [0, 0.05) is 29.6 Å². The topological polar surface area (TPSA) is 63.1 Å². The van der Waals surface area contributed by atoms with E-state index in [1.165, 1.54) is 6.08 Å². The summed E-state index contributed by atoms with van der Waals surface area (Å²) >= 11 is 6.03. The average Bonchev–Trinajstić information content (AvgIpc) is 2.38. The first-order chi connectivity index (χ1) is 8.66. The molecule has 90 valence electrons. The number of carboxylic acid groups (broad SMARTS) is 1. The Balaban J connectivity index is 2.28. The van der Waals surface area contributed by atoms with Gasteiger partial charge in [-0.25, -0.2) is 14.8 Å². The van der Waals surface area contributed by atoms with Crippen molar-refractivity contribution in [2.75, 3.05) is 0 Å². The van der Waals surface area contributed by atoms with Gasteiger partial charge in [0.2, 0.25) is 0 Å². The smallest absolute Gasteiger partial charge is 0.328 e. The van der Waals surface area contributed by atoms with E-state index in [1.807, 2.05) is 18.2 Å². The molecule has 2 rings (SSSR count). The summed E-state index contributed by atoms with van der Waals surface area (Å²) in [6, 6.07) is 7.27. The maximum Gasteiger partial charge on any atom is 0.328 e. The van der Waals surface area contributed by atoms with E-state index in [4.69, 9.17) is 16.7 Å². The molecule has 0 bridgehead atoms. The maximum absolute atomic E-state index is 10.4. The maximum atomic E-state index is 10.4. The van der Waals surface area contributed by atoms with Gasteiger partial charge in [-0.05, 0) is 18.2 Å². The van der Waals surface area contributed by atoms with Crippen molar-refractivity contribution >= 4 is 23.6 Å². The number of hydrogen-bond donors (Lipinski definition) is 1. The second kappa shape index (κ2) is 5.42. The summed E-state index contributed by atoms with van der Waals surface area (Å²) in [6.45, 7) is 0. The standard InChI is InChI=1S/C13H9ClN2O2/c14-11-4-2-1-3-10(11)13-15-7-9(8-16-13)5-6-12(17)18/h1-8H,(H,17,18)/b6-5+. The Labute approximate surface area is 109 Å². The Hall–Kier alpha value is -2.20. The van der Waals surface area contributed by atoms with Gasteiger partial charge in [0.05, 0.1) is 5.02 Å². The van der Waals surface area contributed by atoms with E-state index in [9.17, 15) is 4.79 Å². The monoisotopic (exact) mass is 260 g/mol. The van der Waals surface area contributed by atoms with Gasteiger partial charge in [-0.3, -0.25) is 0 Å². The SMILES string of the molecule is O=C(O)/C=C/c1cnc(-c2ccccc2Cl)nc1. The quantitative estimate of drug-likeness (QED) is 0.862. The van der Waals surface area contributed by atoms with Crippen LogP contribution in [-0.2, 0) is 4.79 Å². The molecule has 1 N–H and O–H groups in total. The van der Waals surface area contributed by atoms with Crippen molar-refractivity contribution in [1.82, 2.24) is 9.97 Å². The summed E-state index contributed by atoms with van der Waals surface area (Å²) in [4.78, 5) is 18.7. The van der Waals surface area contributed by atoms with Gasteiger partial charge in [0.1, 0.15) is 0 Å². The van der Waals surface area contributed by atoms with Crippen molar-refractivity contribution in [2.45, 2.75) is 0 Å². The molecule has 0 unspecified atom stereocenters. The molecule has 1 aromatic carbocycles. The number of aliphatic carboxylic acids is 1. The number of benzene rings is 1. The van der Waals surface area contributed by atoms with Crippen LogP contribution in [0.15, 0.2) is 42.7 Å². The van der Waals surface area contributed by atoms with Crippen molar-refractivity contribution in [3.05, 3.63) is 53.3 Å². The molecule has 0 amide bonds. The Kier molecular flexibility index (Phi) is 3.69. The van der Waals surface area contributed by atoms with Crippen LogP contribution in [0.1, 0.15) is 5.56 Å². The van der Waals surface area contributed by atoms with Gasteiger partial charge in [0.25, 0.3) is 0 Å². The van der Waals surface area contributed by atoms with Gasteiger partial charge >= 0.3 is 5.97 Å². The van der Waals surface area contributed by atoms with Gasteiger partial charge in [-0.2, -0.15) is 0 Å². The minimum atomic E-state index is -1.01. The molecule has 1 heterocycles. The molecule has 2 aromatic rings. The summed E-state index contributed by atoms with van der Waals surface area (Å²) in [7, 11) is 0. The highest BCUT2D eigenvalue weighted by molar-refractivity contribution is 6.33.